The minimum atomic E-state index is -1.07. The first-order valence-electron chi connectivity index (χ1n) is 4.85. The molecule has 0 aliphatic carbocycles. The predicted octanol–water partition coefficient (Wildman–Crippen LogP) is -1.20. The Bertz CT molecular complexity index is 611. The average molecular weight is 281 g/mol. The summed E-state index contributed by atoms with van der Waals surface area (Å²) in [4.78, 5) is 21.4. The van der Waals surface area contributed by atoms with E-state index in [2.05, 4.69) is 25.7 Å². The lowest BCUT2D eigenvalue weighted by atomic mass is 10.4. The summed E-state index contributed by atoms with van der Waals surface area (Å²) in [6, 6.07) is 2.92. The van der Waals surface area contributed by atoms with Crippen LogP contribution in [0.4, 0.5) is 0 Å². The number of aromatic nitrogens is 6. The highest BCUT2D eigenvalue weighted by molar-refractivity contribution is 7.99. The number of carbonyl (C=O) groups is 2. The third-order valence-corrected chi connectivity index (χ3v) is 2.77. The van der Waals surface area contributed by atoms with Gasteiger partial charge >= 0.3 is 5.97 Å². The van der Waals surface area contributed by atoms with E-state index >= 15 is 0 Å². The molecule has 98 valence electrons. The number of carboxylic acids is 1. The van der Waals surface area contributed by atoms with E-state index in [1.54, 1.807) is 0 Å². The van der Waals surface area contributed by atoms with Gasteiger partial charge in [0.25, 0.3) is 5.91 Å². The second-order valence-electron chi connectivity index (χ2n) is 3.24. The maximum Gasteiger partial charge on any atom is 0.325 e. The smallest absolute Gasteiger partial charge is 0.325 e. The van der Waals surface area contributed by atoms with E-state index in [1.807, 2.05) is 0 Å². The van der Waals surface area contributed by atoms with Gasteiger partial charge in [-0.1, -0.05) is 0 Å². The molecule has 2 heterocycles. The summed E-state index contributed by atoms with van der Waals surface area (Å²) in [6.45, 7) is -0.359. The van der Waals surface area contributed by atoms with Crippen LogP contribution < -0.4 is 5.73 Å². The van der Waals surface area contributed by atoms with Crippen molar-refractivity contribution in [1.82, 2.24) is 30.4 Å². The molecular formula is C8H7N7O3S. The zero-order chi connectivity index (χ0) is 13.8. The summed E-state index contributed by atoms with van der Waals surface area (Å²) >= 11 is 1.02. The summed E-state index contributed by atoms with van der Waals surface area (Å²) < 4.78 is 1.11. The first kappa shape index (κ1) is 12.9. The van der Waals surface area contributed by atoms with Crippen molar-refractivity contribution >= 4 is 23.6 Å². The van der Waals surface area contributed by atoms with E-state index in [1.165, 1.54) is 12.1 Å². The molecular weight excluding hydrogens is 274 g/mol. The van der Waals surface area contributed by atoms with Crippen LogP contribution in [0.1, 0.15) is 10.5 Å². The zero-order valence-electron chi connectivity index (χ0n) is 9.29. The summed E-state index contributed by atoms with van der Waals surface area (Å²) in [7, 11) is 0. The first-order valence-corrected chi connectivity index (χ1v) is 5.67. The molecule has 0 bridgehead atoms. The zero-order valence-corrected chi connectivity index (χ0v) is 10.1. The van der Waals surface area contributed by atoms with Crippen LogP contribution in [-0.2, 0) is 11.3 Å². The third-order valence-electron chi connectivity index (χ3n) is 1.87. The van der Waals surface area contributed by atoms with Crippen LogP contribution in [0.3, 0.4) is 0 Å². The van der Waals surface area contributed by atoms with Crippen molar-refractivity contribution in [2.45, 2.75) is 16.7 Å². The van der Waals surface area contributed by atoms with Crippen molar-refractivity contribution in [3.05, 3.63) is 17.8 Å². The number of rotatable bonds is 5. The minimum absolute atomic E-state index is 0.0366. The van der Waals surface area contributed by atoms with Crippen LogP contribution >= 0.6 is 11.8 Å². The van der Waals surface area contributed by atoms with E-state index in [-0.39, 0.29) is 17.4 Å². The number of aliphatic carboxylic acids is 1. The number of carboxylic acid groups (broad SMARTS) is 1. The number of nitrogens with zero attached hydrogens (tertiary/aromatic N) is 6. The van der Waals surface area contributed by atoms with Crippen molar-refractivity contribution in [1.29, 1.82) is 0 Å². The summed E-state index contributed by atoms with van der Waals surface area (Å²) in [6.07, 6.45) is 0. The van der Waals surface area contributed by atoms with Gasteiger partial charge in [0.15, 0.2) is 5.69 Å². The highest BCUT2D eigenvalue weighted by Crippen LogP contribution is 2.22. The molecule has 2 aromatic heterocycles. The second kappa shape index (κ2) is 5.39. The lowest BCUT2D eigenvalue weighted by Gasteiger charge is -2.00. The Balaban J connectivity index is 2.15. The molecule has 0 spiro atoms. The van der Waals surface area contributed by atoms with Crippen molar-refractivity contribution in [2.75, 3.05) is 0 Å². The van der Waals surface area contributed by atoms with Crippen LogP contribution in [0.5, 0.6) is 0 Å². The standard InChI is InChI=1S/C8H7N7O3S/c9-7(18)4-1-2-5(11-10-4)19-8-12-13-14-15(8)3-6(16)17/h1-2H,3H2,(H2,9,18)(H,16,17). The van der Waals surface area contributed by atoms with Crippen LogP contribution in [0.15, 0.2) is 22.3 Å². The molecule has 2 rings (SSSR count). The molecule has 2 aromatic rings. The maximum atomic E-state index is 10.8. The molecule has 0 saturated carbocycles. The van der Waals surface area contributed by atoms with E-state index in [9.17, 15) is 9.59 Å². The number of primary amides is 1. The lowest BCUT2D eigenvalue weighted by Crippen LogP contribution is -2.13. The second-order valence-corrected chi connectivity index (χ2v) is 4.22. The average Bonchev–Trinajstić information content (AvgIpc) is 2.76. The van der Waals surface area contributed by atoms with Crippen LogP contribution in [-0.4, -0.2) is 47.4 Å². The number of tetrazole rings is 1. The molecule has 0 aliphatic rings. The molecule has 10 nitrogen and oxygen atoms in total. The summed E-state index contributed by atoms with van der Waals surface area (Å²) in [5.74, 6) is -1.75. The Morgan fingerprint density at radius 1 is 1.32 bits per heavy atom. The predicted molar refractivity (Wildman–Crippen MR) is 60.1 cm³/mol. The largest absolute Gasteiger partial charge is 0.480 e. The van der Waals surface area contributed by atoms with Gasteiger partial charge in [-0.3, -0.25) is 9.59 Å². The molecule has 0 aromatic carbocycles. The van der Waals surface area contributed by atoms with E-state index in [0.29, 0.717) is 5.03 Å². The van der Waals surface area contributed by atoms with Gasteiger partial charge < -0.3 is 10.8 Å². The molecule has 0 saturated heterocycles. The number of amides is 1. The Morgan fingerprint density at radius 2 is 2.11 bits per heavy atom. The Hall–Kier alpha value is -2.56. The summed E-state index contributed by atoms with van der Waals surface area (Å²) in [5, 5.41) is 27.3. The van der Waals surface area contributed by atoms with Crippen LogP contribution in [0, 0.1) is 0 Å². The van der Waals surface area contributed by atoms with E-state index in [0.717, 1.165) is 16.4 Å². The maximum absolute atomic E-state index is 10.8. The van der Waals surface area contributed by atoms with E-state index < -0.39 is 11.9 Å². The van der Waals surface area contributed by atoms with Gasteiger partial charge in [-0.2, -0.15) is 0 Å². The normalized spacial score (nSPS) is 10.3. The molecule has 19 heavy (non-hydrogen) atoms. The number of hydrogen-bond donors (Lipinski definition) is 2. The Kier molecular flexibility index (Phi) is 3.66. The first-order chi connectivity index (χ1) is 9.06. The van der Waals surface area contributed by atoms with Gasteiger partial charge in [0.2, 0.25) is 5.16 Å². The number of hydrogen-bond acceptors (Lipinski definition) is 8. The molecule has 0 fully saturated rings. The lowest BCUT2D eigenvalue weighted by molar-refractivity contribution is -0.138. The van der Waals surface area contributed by atoms with Crippen molar-refractivity contribution in [3.8, 4) is 0 Å². The number of nitrogens with two attached hydrogens (primary N) is 1. The van der Waals surface area contributed by atoms with Crippen LogP contribution in [0.2, 0.25) is 0 Å². The van der Waals surface area contributed by atoms with Crippen molar-refractivity contribution < 1.29 is 14.7 Å². The van der Waals surface area contributed by atoms with Gasteiger partial charge in [0.1, 0.15) is 11.6 Å². The van der Waals surface area contributed by atoms with Gasteiger partial charge in [0, 0.05) is 0 Å². The third kappa shape index (κ3) is 3.22. The molecule has 0 aliphatic heterocycles. The van der Waals surface area contributed by atoms with Gasteiger partial charge in [0.05, 0.1) is 0 Å². The fourth-order valence-electron chi connectivity index (χ4n) is 1.10. The van der Waals surface area contributed by atoms with Crippen molar-refractivity contribution in [3.63, 3.8) is 0 Å². The molecule has 0 unspecified atom stereocenters. The topological polar surface area (TPSA) is 150 Å². The minimum Gasteiger partial charge on any atom is -0.480 e. The van der Waals surface area contributed by atoms with Gasteiger partial charge in [-0.25, -0.2) is 4.68 Å². The summed E-state index contributed by atoms with van der Waals surface area (Å²) in [5.41, 5.74) is 5.07. The highest BCUT2D eigenvalue weighted by atomic mass is 32.2. The fraction of sp³-hybridized carbons (Fsp3) is 0.125. The molecule has 11 heteroatoms. The van der Waals surface area contributed by atoms with Crippen LogP contribution in [0.25, 0.3) is 0 Å². The highest BCUT2D eigenvalue weighted by Gasteiger charge is 2.12. The van der Waals surface area contributed by atoms with Gasteiger partial charge in [-0.15, -0.1) is 15.3 Å². The molecule has 3 N–H and O–H groups in total. The van der Waals surface area contributed by atoms with E-state index in [4.69, 9.17) is 10.8 Å². The molecule has 0 atom stereocenters. The number of carbonyl (C=O) groups excluding carboxylic acids is 1. The SMILES string of the molecule is NC(=O)c1ccc(Sc2nnnn2CC(=O)O)nn1. The quantitative estimate of drug-likeness (QED) is 0.688. The monoisotopic (exact) mass is 281 g/mol. The molecule has 0 radical (unpaired) electrons. The molecule has 1 amide bonds. The Morgan fingerprint density at radius 3 is 2.68 bits per heavy atom. The van der Waals surface area contributed by atoms with Gasteiger partial charge in [-0.05, 0) is 34.3 Å². The van der Waals surface area contributed by atoms with Crippen molar-refractivity contribution in [2.24, 2.45) is 5.73 Å². The fourth-order valence-corrected chi connectivity index (χ4v) is 1.78. The Labute approximate surface area is 110 Å².